The number of piperazine rings is 1. The lowest BCUT2D eigenvalue weighted by atomic mass is 10.2. The molecule has 0 radical (unpaired) electrons. The fourth-order valence-corrected chi connectivity index (χ4v) is 3.46. The standard InChI is InChI=1S/C20H26N4O3/c1-15-12-18(16(2)24(15)13-17-6-4-5-7-21-17)20(26)23-10-8-22(9-11-23)19(25)14-27-3/h4-7,12H,8-11,13-14H2,1-3H3. The second-order valence-corrected chi connectivity index (χ2v) is 6.80. The van der Waals surface area contributed by atoms with E-state index in [2.05, 4.69) is 9.55 Å². The SMILES string of the molecule is COCC(=O)N1CCN(C(=O)c2cc(C)n(Cc3ccccn3)c2C)CC1. The van der Waals surface area contributed by atoms with Gasteiger partial charge in [-0.05, 0) is 32.0 Å². The molecule has 0 unspecified atom stereocenters. The van der Waals surface area contributed by atoms with Gasteiger partial charge in [0.25, 0.3) is 5.91 Å². The van der Waals surface area contributed by atoms with Gasteiger partial charge in [-0.1, -0.05) is 6.07 Å². The van der Waals surface area contributed by atoms with Gasteiger partial charge in [0.2, 0.25) is 5.91 Å². The Morgan fingerprint density at radius 2 is 1.81 bits per heavy atom. The highest BCUT2D eigenvalue weighted by Crippen LogP contribution is 2.19. The molecule has 7 nitrogen and oxygen atoms in total. The molecule has 0 N–H and O–H groups in total. The molecule has 1 aliphatic rings. The molecule has 0 aliphatic carbocycles. The van der Waals surface area contributed by atoms with Gasteiger partial charge in [-0.3, -0.25) is 14.6 Å². The third-order valence-corrected chi connectivity index (χ3v) is 5.04. The zero-order valence-corrected chi connectivity index (χ0v) is 16.1. The number of nitrogens with zero attached hydrogens (tertiary/aromatic N) is 4. The Labute approximate surface area is 159 Å². The Morgan fingerprint density at radius 3 is 2.44 bits per heavy atom. The van der Waals surface area contributed by atoms with E-state index in [0.29, 0.717) is 32.7 Å². The minimum atomic E-state index is -0.0295. The summed E-state index contributed by atoms with van der Waals surface area (Å²) >= 11 is 0. The molecule has 3 heterocycles. The summed E-state index contributed by atoms with van der Waals surface area (Å²) in [6, 6.07) is 7.79. The number of rotatable bonds is 5. The van der Waals surface area contributed by atoms with Gasteiger partial charge in [0.1, 0.15) is 6.61 Å². The van der Waals surface area contributed by atoms with Crippen LogP contribution in [-0.4, -0.2) is 71.1 Å². The number of aryl methyl sites for hydroxylation is 1. The monoisotopic (exact) mass is 370 g/mol. The van der Waals surface area contributed by atoms with Gasteiger partial charge in [0.15, 0.2) is 0 Å². The molecular formula is C20H26N4O3. The summed E-state index contributed by atoms with van der Waals surface area (Å²) in [6.45, 7) is 6.88. The lowest BCUT2D eigenvalue weighted by Crippen LogP contribution is -2.51. The third kappa shape index (κ3) is 4.19. The van der Waals surface area contributed by atoms with Gasteiger partial charge in [0, 0.05) is 50.9 Å². The van der Waals surface area contributed by atoms with Crippen molar-refractivity contribution in [3.8, 4) is 0 Å². The van der Waals surface area contributed by atoms with Crippen LogP contribution in [0.15, 0.2) is 30.5 Å². The topological polar surface area (TPSA) is 67.7 Å². The van der Waals surface area contributed by atoms with Crippen LogP contribution in [0.25, 0.3) is 0 Å². The van der Waals surface area contributed by atoms with Crippen LogP contribution in [0.2, 0.25) is 0 Å². The number of ether oxygens (including phenoxy) is 1. The molecular weight excluding hydrogens is 344 g/mol. The van der Waals surface area contributed by atoms with Crippen LogP contribution in [0.5, 0.6) is 0 Å². The highest BCUT2D eigenvalue weighted by atomic mass is 16.5. The molecule has 2 aromatic heterocycles. The van der Waals surface area contributed by atoms with Crippen molar-refractivity contribution in [1.29, 1.82) is 0 Å². The Kier molecular flexibility index (Phi) is 5.91. The first-order chi connectivity index (χ1) is 13.0. The number of amides is 2. The predicted molar refractivity (Wildman–Crippen MR) is 102 cm³/mol. The van der Waals surface area contributed by atoms with Crippen molar-refractivity contribution >= 4 is 11.8 Å². The smallest absolute Gasteiger partial charge is 0.255 e. The van der Waals surface area contributed by atoms with Gasteiger partial charge in [-0.15, -0.1) is 0 Å². The van der Waals surface area contributed by atoms with Crippen molar-refractivity contribution in [1.82, 2.24) is 19.4 Å². The molecule has 2 amide bonds. The zero-order chi connectivity index (χ0) is 19.4. The molecule has 3 rings (SSSR count). The van der Waals surface area contributed by atoms with Crippen molar-refractivity contribution in [2.24, 2.45) is 0 Å². The first kappa shape index (κ1) is 19.1. The summed E-state index contributed by atoms with van der Waals surface area (Å²) in [5, 5.41) is 0. The number of hydrogen-bond donors (Lipinski definition) is 0. The maximum absolute atomic E-state index is 13.0. The number of methoxy groups -OCH3 is 1. The van der Waals surface area contributed by atoms with Crippen LogP contribution < -0.4 is 0 Å². The Hall–Kier alpha value is -2.67. The van der Waals surface area contributed by atoms with E-state index < -0.39 is 0 Å². The quantitative estimate of drug-likeness (QED) is 0.800. The van der Waals surface area contributed by atoms with Crippen molar-refractivity contribution in [2.75, 3.05) is 39.9 Å². The van der Waals surface area contributed by atoms with Crippen molar-refractivity contribution < 1.29 is 14.3 Å². The molecule has 0 aromatic carbocycles. The molecule has 7 heteroatoms. The fraction of sp³-hybridized carbons (Fsp3) is 0.450. The van der Waals surface area contributed by atoms with E-state index in [4.69, 9.17) is 4.74 Å². The molecule has 0 atom stereocenters. The second kappa shape index (κ2) is 8.35. The normalized spacial score (nSPS) is 14.5. The Bertz CT molecular complexity index is 808. The minimum Gasteiger partial charge on any atom is -0.375 e. The summed E-state index contributed by atoms with van der Waals surface area (Å²) in [6.07, 6.45) is 1.78. The van der Waals surface area contributed by atoms with Gasteiger partial charge < -0.3 is 19.1 Å². The number of carbonyl (C=O) groups excluding carboxylic acids is 2. The predicted octanol–water partition coefficient (Wildman–Crippen LogP) is 1.48. The molecule has 0 bridgehead atoms. The van der Waals surface area contributed by atoms with Crippen LogP contribution in [0, 0.1) is 13.8 Å². The first-order valence-corrected chi connectivity index (χ1v) is 9.14. The van der Waals surface area contributed by atoms with E-state index in [1.807, 2.05) is 43.0 Å². The van der Waals surface area contributed by atoms with E-state index >= 15 is 0 Å². The molecule has 27 heavy (non-hydrogen) atoms. The maximum Gasteiger partial charge on any atom is 0.255 e. The maximum atomic E-state index is 13.0. The zero-order valence-electron chi connectivity index (χ0n) is 16.1. The van der Waals surface area contributed by atoms with Crippen LogP contribution in [0.4, 0.5) is 0 Å². The molecule has 1 saturated heterocycles. The van der Waals surface area contributed by atoms with E-state index in [1.54, 1.807) is 11.1 Å². The fourth-order valence-electron chi connectivity index (χ4n) is 3.46. The van der Waals surface area contributed by atoms with Gasteiger partial charge in [0.05, 0.1) is 17.8 Å². The molecule has 2 aromatic rings. The van der Waals surface area contributed by atoms with Crippen molar-refractivity contribution in [3.63, 3.8) is 0 Å². The van der Waals surface area contributed by atoms with E-state index in [0.717, 1.165) is 22.6 Å². The molecule has 144 valence electrons. The van der Waals surface area contributed by atoms with Gasteiger partial charge in [-0.2, -0.15) is 0 Å². The first-order valence-electron chi connectivity index (χ1n) is 9.14. The average molecular weight is 370 g/mol. The van der Waals surface area contributed by atoms with Crippen LogP contribution >= 0.6 is 0 Å². The molecule has 0 saturated carbocycles. The van der Waals surface area contributed by atoms with Gasteiger partial charge >= 0.3 is 0 Å². The summed E-state index contributed by atoms with van der Waals surface area (Å²) in [5.74, 6) is -0.00708. The number of pyridine rings is 1. The van der Waals surface area contributed by atoms with Gasteiger partial charge in [-0.25, -0.2) is 0 Å². The minimum absolute atomic E-state index is 0.0224. The van der Waals surface area contributed by atoms with Crippen LogP contribution in [0.1, 0.15) is 27.4 Å². The molecule has 1 aliphatic heterocycles. The summed E-state index contributed by atoms with van der Waals surface area (Å²) in [7, 11) is 1.51. The van der Waals surface area contributed by atoms with E-state index in [9.17, 15) is 9.59 Å². The third-order valence-electron chi connectivity index (χ3n) is 5.04. The summed E-state index contributed by atoms with van der Waals surface area (Å²) < 4.78 is 7.02. The largest absolute Gasteiger partial charge is 0.375 e. The van der Waals surface area contributed by atoms with Crippen molar-refractivity contribution in [2.45, 2.75) is 20.4 Å². The van der Waals surface area contributed by atoms with E-state index in [-0.39, 0.29) is 18.4 Å². The molecule has 0 spiro atoms. The summed E-state index contributed by atoms with van der Waals surface area (Å²) in [5.41, 5.74) is 3.67. The Morgan fingerprint density at radius 1 is 1.11 bits per heavy atom. The number of carbonyl (C=O) groups is 2. The average Bonchev–Trinajstić information content (AvgIpc) is 2.97. The highest BCUT2D eigenvalue weighted by Gasteiger charge is 2.27. The number of hydrogen-bond acceptors (Lipinski definition) is 4. The highest BCUT2D eigenvalue weighted by molar-refractivity contribution is 5.96. The van der Waals surface area contributed by atoms with Crippen molar-refractivity contribution in [3.05, 3.63) is 53.1 Å². The number of aromatic nitrogens is 2. The van der Waals surface area contributed by atoms with Crippen LogP contribution in [-0.2, 0) is 16.1 Å². The lowest BCUT2D eigenvalue weighted by molar-refractivity contribution is -0.136. The molecule has 1 fully saturated rings. The lowest BCUT2D eigenvalue weighted by Gasteiger charge is -2.34. The summed E-state index contributed by atoms with van der Waals surface area (Å²) in [4.78, 5) is 32.9. The van der Waals surface area contributed by atoms with E-state index in [1.165, 1.54) is 7.11 Å². The van der Waals surface area contributed by atoms with Crippen LogP contribution in [0.3, 0.4) is 0 Å². The Balaban J connectivity index is 1.69. The second-order valence-electron chi connectivity index (χ2n) is 6.80.